The Bertz CT molecular complexity index is 435. The predicted molar refractivity (Wildman–Crippen MR) is 67.5 cm³/mol. The molecule has 2 aromatic rings. The fourth-order valence-electron chi connectivity index (χ4n) is 1.36. The highest BCUT2D eigenvalue weighted by atomic mass is 79.9. The minimum absolute atomic E-state index is 0.605. The number of aliphatic hydroxyl groups excluding tert-OH is 1. The summed E-state index contributed by atoms with van der Waals surface area (Å²) in [4.78, 5) is 0. The molecule has 0 saturated heterocycles. The summed E-state index contributed by atoms with van der Waals surface area (Å²) < 4.78 is 0.874. The molecule has 1 unspecified atom stereocenters. The van der Waals surface area contributed by atoms with Gasteiger partial charge in [0.1, 0.15) is 6.10 Å². The molecule has 1 nitrogen and oxygen atoms in total. The van der Waals surface area contributed by atoms with Crippen LogP contribution in [-0.2, 0) is 0 Å². The van der Waals surface area contributed by atoms with E-state index in [0.29, 0.717) is 5.02 Å². The standard InChI is InChI=1S/C11H8BrClOS/c12-9-3-8(4-10(13)5-9)11(14)7-1-2-15-6-7/h1-6,11,14H. The summed E-state index contributed by atoms with van der Waals surface area (Å²) >= 11 is 10.8. The van der Waals surface area contributed by atoms with Gasteiger partial charge in [-0.1, -0.05) is 27.5 Å². The maximum absolute atomic E-state index is 10.1. The van der Waals surface area contributed by atoms with Crippen LogP contribution in [0.3, 0.4) is 0 Å². The van der Waals surface area contributed by atoms with E-state index in [9.17, 15) is 5.11 Å². The maximum atomic E-state index is 10.1. The smallest absolute Gasteiger partial charge is 0.105 e. The summed E-state index contributed by atoms with van der Waals surface area (Å²) in [6.07, 6.45) is -0.605. The average molecular weight is 304 g/mol. The predicted octanol–water partition coefficient (Wildman–Crippen LogP) is 4.25. The molecular weight excluding hydrogens is 296 g/mol. The number of thiophene rings is 1. The van der Waals surface area contributed by atoms with Gasteiger partial charge in [0.05, 0.1) is 0 Å². The van der Waals surface area contributed by atoms with E-state index in [-0.39, 0.29) is 0 Å². The minimum Gasteiger partial charge on any atom is -0.384 e. The lowest BCUT2D eigenvalue weighted by Gasteiger charge is -2.10. The van der Waals surface area contributed by atoms with Gasteiger partial charge >= 0.3 is 0 Å². The number of hydrogen-bond donors (Lipinski definition) is 1. The van der Waals surface area contributed by atoms with Crippen molar-refractivity contribution >= 4 is 38.9 Å². The number of rotatable bonds is 2. The zero-order valence-electron chi connectivity index (χ0n) is 7.65. The van der Waals surface area contributed by atoms with Gasteiger partial charge in [0.15, 0.2) is 0 Å². The molecule has 1 aromatic heterocycles. The van der Waals surface area contributed by atoms with Gasteiger partial charge in [0, 0.05) is 9.50 Å². The van der Waals surface area contributed by atoms with Crippen LogP contribution in [0.1, 0.15) is 17.2 Å². The van der Waals surface area contributed by atoms with Crippen molar-refractivity contribution in [2.24, 2.45) is 0 Å². The SMILES string of the molecule is OC(c1ccsc1)c1cc(Cl)cc(Br)c1. The summed E-state index contributed by atoms with van der Waals surface area (Å²) in [5.41, 5.74) is 1.70. The summed E-state index contributed by atoms with van der Waals surface area (Å²) in [7, 11) is 0. The molecule has 1 aromatic carbocycles. The summed E-state index contributed by atoms with van der Waals surface area (Å²) in [5.74, 6) is 0. The summed E-state index contributed by atoms with van der Waals surface area (Å²) in [6.45, 7) is 0. The Labute approximate surface area is 105 Å². The zero-order chi connectivity index (χ0) is 10.8. The van der Waals surface area contributed by atoms with Crippen molar-refractivity contribution in [1.29, 1.82) is 0 Å². The number of benzene rings is 1. The van der Waals surface area contributed by atoms with Gasteiger partial charge in [-0.25, -0.2) is 0 Å². The Hall–Kier alpha value is -0.350. The maximum Gasteiger partial charge on any atom is 0.105 e. The van der Waals surface area contributed by atoms with E-state index < -0.39 is 6.10 Å². The van der Waals surface area contributed by atoms with E-state index in [1.54, 1.807) is 23.5 Å². The van der Waals surface area contributed by atoms with E-state index in [2.05, 4.69) is 15.9 Å². The lowest BCUT2D eigenvalue weighted by atomic mass is 10.0. The molecule has 0 spiro atoms. The molecule has 0 amide bonds. The molecule has 0 bridgehead atoms. The first-order valence-electron chi connectivity index (χ1n) is 4.33. The van der Waals surface area contributed by atoms with E-state index in [1.165, 1.54) is 0 Å². The number of aliphatic hydroxyl groups is 1. The lowest BCUT2D eigenvalue weighted by molar-refractivity contribution is 0.221. The molecule has 0 aliphatic heterocycles. The first kappa shape index (κ1) is 11.1. The van der Waals surface area contributed by atoms with Crippen molar-refractivity contribution in [3.05, 3.63) is 55.6 Å². The molecular formula is C11H8BrClOS. The molecule has 1 N–H and O–H groups in total. The Morgan fingerprint density at radius 2 is 2.07 bits per heavy atom. The summed E-state index contributed by atoms with van der Waals surface area (Å²) in [5, 5.41) is 14.5. The Morgan fingerprint density at radius 1 is 1.27 bits per heavy atom. The molecule has 0 fully saturated rings. The van der Waals surface area contributed by atoms with Crippen LogP contribution in [-0.4, -0.2) is 5.11 Å². The Morgan fingerprint density at radius 3 is 2.67 bits per heavy atom. The van der Waals surface area contributed by atoms with Crippen LogP contribution in [0.5, 0.6) is 0 Å². The molecule has 4 heteroatoms. The number of halogens is 2. The van der Waals surface area contributed by atoms with Crippen LogP contribution in [0.2, 0.25) is 5.02 Å². The first-order valence-corrected chi connectivity index (χ1v) is 6.44. The molecule has 15 heavy (non-hydrogen) atoms. The van der Waals surface area contributed by atoms with Gasteiger partial charge in [-0.15, -0.1) is 0 Å². The van der Waals surface area contributed by atoms with E-state index in [1.807, 2.05) is 22.9 Å². The van der Waals surface area contributed by atoms with E-state index in [4.69, 9.17) is 11.6 Å². The molecule has 0 saturated carbocycles. The van der Waals surface area contributed by atoms with Crippen molar-refractivity contribution < 1.29 is 5.11 Å². The molecule has 1 atom stereocenters. The largest absolute Gasteiger partial charge is 0.384 e. The Balaban J connectivity index is 2.37. The highest BCUT2D eigenvalue weighted by Crippen LogP contribution is 2.28. The van der Waals surface area contributed by atoms with Crippen LogP contribution in [0, 0.1) is 0 Å². The third-order valence-electron chi connectivity index (χ3n) is 2.06. The molecule has 0 aliphatic rings. The van der Waals surface area contributed by atoms with Crippen LogP contribution < -0.4 is 0 Å². The van der Waals surface area contributed by atoms with Crippen LogP contribution in [0.4, 0.5) is 0 Å². The third kappa shape index (κ3) is 2.61. The first-order chi connectivity index (χ1) is 7.16. The molecule has 2 rings (SSSR count). The number of hydrogen-bond acceptors (Lipinski definition) is 2. The Kier molecular flexibility index (Phi) is 3.46. The second-order valence-electron chi connectivity index (χ2n) is 3.16. The van der Waals surface area contributed by atoms with Gasteiger partial charge in [-0.3, -0.25) is 0 Å². The molecule has 0 aliphatic carbocycles. The third-order valence-corrected chi connectivity index (χ3v) is 3.44. The highest BCUT2D eigenvalue weighted by molar-refractivity contribution is 9.10. The summed E-state index contributed by atoms with van der Waals surface area (Å²) in [6, 6.07) is 7.35. The van der Waals surface area contributed by atoms with E-state index in [0.717, 1.165) is 15.6 Å². The fourth-order valence-corrected chi connectivity index (χ4v) is 2.92. The van der Waals surface area contributed by atoms with Gasteiger partial charge in [-0.05, 0) is 46.2 Å². The van der Waals surface area contributed by atoms with Gasteiger partial charge in [0.2, 0.25) is 0 Å². The van der Waals surface area contributed by atoms with Crippen molar-refractivity contribution in [3.63, 3.8) is 0 Å². The van der Waals surface area contributed by atoms with E-state index >= 15 is 0 Å². The molecule has 1 heterocycles. The minimum atomic E-state index is -0.605. The van der Waals surface area contributed by atoms with Gasteiger partial charge in [-0.2, -0.15) is 11.3 Å². The quantitative estimate of drug-likeness (QED) is 0.879. The second-order valence-corrected chi connectivity index (χ2v) is 5.29. The van der Waals surface area contributed by atoms with Crippen LogP contribution in [0.25, 0.3) is 0 Å². The average Bonchev–Trinajstić information content (AvgIpc) is 2.67. The van der Waals surface area contributed by atoms with Crippen LogP contribution >= 0.6 is 38.9 Å². The van der Waals surface area contributed by atoms with Crippen LogP contribution in [0.15, 0.2) is 39.5 Å². The monoisotopic (exact) mass is 302 g/mol. The van der Waals surface area contributed by atoms with Crippen molar-refractivity contribution in [3.8, 4) is 0 Å². The van der Waals surface area contributed by atoms with Crippen molar-refractivity contribution in [2.75, 3.05) is 0 Å². The fraction of sp³-hybridized carbons (Fsp3) is 0.0909. The topological polar surface area (TPSA) is 20.2 Å². The molecule has 78 valence electrons. The normalized spacial score (nSPS) is 12.7. The van der Waals surface area contributed by atoms with Crippen molar-refractivity contribution in [2.45, 2.75) is 6.10 Å². The highest BCUT2D eigenvalue weighted by Gasteiger charge is 2.11. The lowest BCUT2D eigenvalue weighted by Crippen LogP contribution is -1.97. The van der Waals surface area contributed by atoms with Crippen molar-refractivity contribution in [1.82, 2.24) is 0 Å². The second kappa shape index (κ2) is 4.66. The zero-order valence-corrected chi connectivity index (χ0v) is 10.8. The van der Waals surface area contributed by atoms with Gasteiger partial charge < -0.3 is 5.11 Å². The molecule has 0 radical (unpaired) electrons. The van der Waals surface area contributed by atoms with Gasteiger partial charge in [0.25, 0.3) is 0 Å².